The number of urea groups is 1. The van der Waals surface area contributed by atoms with Gasteiger partial charge < -0.3 is 10.2 Å². The number of hydrogen-bond donors (Lipinski definition) is 1. The molecule has 1 aliphatic heterocycles. The van der Waals surface area contributed by atoms with Crippen LogP contribution in [0.15, 0.2) is 0 Å². The number of rotatable bonds is 1. The normalized spacial score (nSPS) is 26.8. The van der Waals surface area contributed by atoms with Crippen LogP contribution in [0, 0.1) is 11.3 Å². The molecule has 0 aromatic rings. The number of nitrogens with zero attached hydrogens (tertiary/aromatic N) is 2. The van der Waals surface area contributed by atoms with Crippen LogP contribution < -0.4 is 5.32 Å². The molecule has 1 heterocycles. The summed E-state index contributed by atoms with van der Waals surface area (Å²) in [5.74, 6) is 0. The SMILES string of the molecule is N#C[C@@H]1CN1C(=O)NC1CCCCC1. The van der Waals surface area contributed by atoms with E-state index >= 15 is 0 Å². The van der Waals surface area contributed by atoms with Crippen molar-refractivity contribution < 1.29 is 4.79 Å². The van der Waals surface area contributed by atoms with Crippen molar-refractivity contribution >= 4 is 6.03 Å². The number of carbonyl (C=O) groups excluding carboxylic acids is 1. The van der Waals surface area contributed by atoms with Gasteiger partial charge in [0, 0.05) is 6.04 Å². The van der Waals surface area contributed by atoms with Gasteiger partial charge in [0.15, 0.2) is 0 Å². The van der Waals surface area contributed by atoms with Crippen LogP contribution in [-0.2, 0) is 0 Å². The Balaban J connectivity index is 1.75. The maximum Gasteiger partial charge on any atom is 0.318 e. The molecule has 0 spiro atoms. The molecule has 2 fully saturated rings. The van der Waals surface area contributed by atoms with E-state index in [1.165, 1.54) is 19.3 Å². The third-order valence-electron chi connectivity index (χ3n) is 2.95. The second-order valence-electron chi connectivity index (χ2n) is 4.08. The van der Waals surface area contributed by atoms with Gasteiger partial charge in [-0.05, 0) is 12.8 Å². The first kappa shape index (κ1) is 9.32. The molecule has 4 heteroatoms. The zero-order valence-corrected chi connectivity index (χ0v) is 8.20. The van der Waals surface area contributed by atoms with E-state index in [1.807, 2.05) is 0 Å². The highest BCUT2D eigenvalue weighted by Crippen LogP contribution is 2.20. The minimum absolute atomic E-state index is 0.0524. The van der Waals surface area contributed by atoms with Gasteiger partial charge in [-0.25, -0.2) is 4.79 Å². The summed E-state index contributed by atoms with van der Waals surface area (Å²) < 4.78 is 0. The Morgan fingerprint density at radius 2 is 2.07 bits per heavy atom. The molecule has 1 aliphatic carbocycles. The second-order valence-corrected chi connectivity index (χ2v) is 4.08. The van der Waals surface area contributed by atoms with Crippen molar-refractivity contribution in [3.63, 3.8) is 0 Å². The van der Waals surface area contributed by atoms with E-state index in [0.29, 0.717) is 12.6 Å². The van der Waals surface area contributed by atoms with Gasteiger partial charge in [-0.3, -0.25) is 0 Å². The first-order valence-corrected chi connectivity index (χ1v) is 5.28. The Hall–Kier alpha value is -1.24. The van der Waals surface area contributed by atoms with Gasteiger partial charge in [0.25, 0.3) is 0 Å². The molecule has 0 unspecified atom stereocenters. The molecule has 14 heavy (non-hydrogen) atoms. The molecule has 2 rings (SSSR count). The fraction of sp³-hybridized carbons (Fsp3) is 0.800. The van der Waals surface area contributed by atoms with E-state index in [1.54, 1.807) is 4.90 Å². The van der Waals surface area contributed by atoms with Crippen LogP contribution in [0.5, 0.6) is 0 Å². The lowest BCUT2D eigenvalue weighted by Crippen LogP contribution is -2.39. The molecule has 1 saturated heterocycles. The monoisotopic (exact) mass is 193 g/mol. The number of nitriles is 1. The molecule has 1 N–H and O–H groups in total. The summed E-state index contributed by atoms with van der Waals surface area (Å²) in [7, 11) is 0. The Labute approximate surface area is 83.9 Å². The highest BCUT2D eigenvalue weighted by Gasteiger charge is 2.39. The fourth-order valence-corrected chi connectivity index (χ4v) is 1.98. The van der Waals surface area contributed by atoms with Crippen molar-refractivity contribution in [2.75, 3.05) is 6.54 Å². The number of carbonyl (C=O) groups is 1. The molecule has 0 bridgehead atoms. The standard InChI is InChI=1S/C10H15N3O/c11-6-9-7-13(9)10(14)12-8-4-2-1-3-5-8/h8-9H,1-5,7H2,(H,12,14)/t9-,13?/m1/s1. The summed E-state index contributed by atoms with van der Waals surface area (Å²) >= 11 is 0. The summed E-state index contributed by atoms with van der Waals surface area (Å²) in [6.45, 7) is 0.606. The molecular formula is C10H15N3O. The summed E-state index contributed by atoms with van der Waals surface area (Å²) in [6, 6.07) is 2.20. The van der Waals surface area contributed by atoms with Crippen LogP contribution in [0.1, 0.15) is 32.1 Å². The van der Waals surface area contributed by atoms with E-state index in [2.05, 4.69) is 11.4 Å². The van der Waals surface area contributed by atoms with Gasteiger partial charge in [0.2, 0.25) is 0 Å². The lowest BCUT2D eigenvalue weighted by molar-refractivity contribution is 0.220. The van der Waals surface area contributed by atoms with Crippen molar-refractivity contribution in [2.45, 2.75) is 44.2 Å². The molecule has 2 amide bonds. The quantitative estimate of drug-likeness (QED) is 0.637. The van der Waals surface area contributed by atoms with Crippen LogP contribution in [0.4, 0.5) is 4.79 Å². The van der Waals surface area contributed by atoms with Gasteiger partial charge in [0.1, 0.15) is 6.04 Å². The van der Waals surface area contributed by atoms with E-state index in [-0.39, 0.29) is 12.1 Å². The van der Waals surface area contributed by atoms with Crippen LogP contribution in [-0.4, -0.2) is 29.6 Å². The van der Waals surface area contributed by atoms with E-state index in [4.69, 9.17) is 5.26 Å². The summed E-state index contributed by atoms with van der Waals surface area (Å²) in [4.78, 5) is 13.1. The smallest absolute Gasteiger partial charge is 0.318 e. The highest BCUT2D eigenvalue weighted by molar-refractivity contribution is 5.78. The molecule has 1 saturated carbocycles. The molecule has 4 nitrogen and oxygen atoms in total. The number of amides is 2. The maximum atomic E-state index is 11.5. The van der Waals surface area contributed by atoms with Crippen molar-refractivity contribution in [2.24, 2.45) is 0 Å². The summed E-state index contributed by atoms with van der Waals surface area (Å²) in [6.07, 6.45) is 5.91. The third-order valence-corrected chi connectivity index (χ3v) is 2.95. The lowest BCUT2D eigenvalue weighted by atomic mass is 9.96. The molecule has 0 aromatic heterocycles. The Morgan fingerprint density at radius 3 is 2.64 bits per heavy atom. The molecule has 0 radical (unpaired) electrons. The fourth-order valence-electron chi connectivity index (χ4n) is 1.98. The molecule has 76 valence electrons. The molecule has 2 aliphatic rings. The molecule has 1 atom stereocenters. The van der Waals surface area contributed by atoms with Gasteiger partial charge in [-0.15, -0.1) is 0 Å². The number of hydrogen-bond acceptors (Lipinski definition) is 2. The van der Waals surface area contributed by atoms with E-state index in [9.17, 15) is 4.79 Å². The van der Waals surface area contributed by atoms with Crippen LogP contribution >= 0.6 is 0 Å². The van der Waals surface area contributed by atoms with E-state index in [0.717, 1.165) is 12.8 Å². The minimum Gasteiger partial charge on any atom is -0.335 e. The predicted molar refractivity (Wildman–Crippen MR) is 51.5 cm³/mol. The Morgan fingerprint density at radius 1 is 1.36 bits per heavy atom. The van der Waals surface area contributed by atoms with Gasteiger partial charge >= 0.3 is 6.03 Å². The molecule has 0 aromatic carbocycles. The van der Waals surface area contributed by atoms with Crippen LogP contribution in [0.25, 0.3) is 0 Å². The van der Waals surface area contributed by atoms with Crippen molar-refractivity contribution in [1.82, 2.24) is 10.2 Å². The van der Waals surface area contributed by atoms with Gasteiger partial charge in [-0.2, -0.15) is 5.26 Å². The minimum atomic E-state index is -0.168. The van der Waals surface area contributed by atoms with Crippen molar-refractivity contribution in [3.05, 3.63) is 0 Å². The Kier molecular flexibility index (Phi) is 2.58. The predicted octanol–water partition coefficient (Wildman–Crippen LogP) is 1.24. The van der Waals surface area contributed by atoms with Crippen molar-refractivity contribution in [3.8, 4) is 6.07 Å². The molecular weight excluding hydrogens is 178 g/mol. The summed E-state index contributed by atoms with van der Waals surface area (Å²) in [5.41, 5.74) is 0. The van der Waals surface area contributed by atoms with Gasteiger partial charge in [-0.1, -0.05) is 19.3 Å². The Bertz CT molecular complexity index is 265. The zero-order valence-electron chi connectivity index (χ0n) is 8.20. The summed E-state index contributed by atoms with van der Waals surface area (Å²) in [5, 5.41) is 11.5. The largest absolute Gasteiger partial charge is 0.335 e. The maximum absolute atomic E-state index is 11.5. The van der Waals surface area contributed by atoms with Crippen LogP contribution in [0.3, 0.4) is 0 Å². The second kappa shape index (κ2) is 3.87. The first-order valence-electron chi connectivity index (χ1n) is 5.28. The average molecular weight is 193 g/mol. The average Bonchev–Trinajstić information content (AvgIpc) is 2.98. The zero-order chi connectivity index (χ0) is 9.97. The van der Waals surface area contributed by atoms with E-state index < -0.39 is 0 Å². The number of nitrogens with one attached hydrogen (secondary N) is 1. The van der Waals surface area contributed by atoms with Gasteiger partial charge in [0.05, 0.1) is 12.6 Å². The highest BCUT2D eigenvalue weighted by atomic mass is 16.2. The lowest BCUT2D eigenvalue weighted by Gasteiger charge is -2.22. The van der Waals surface area contributed by atoms with Crippen molar-refractivity contribution in [1.29, 1.82) is 5.26 Å². The first-order chi connectivity index (χ1) is 6.81. The third kappa shape index (κ3) is 1.98. The topological polar surface area (TPSA) is 55.9 Å². The van der Waals surface area contributed by atoms with Crippen LogP contribution in [0.2, 0.25) is 0 Å².